The van der Waals surface area contributed by atoms with Crippen LogP contribution in [0.5, 0.6) is 0 Å². The smallest absolute Gasteiger partial charge is 0.264 e. The van der Waals surface area contributed by atoms with Crippen LogP contribution in [0.15, 0.2) is 46.3 Å². The van der Waals surface area contributed by atoms with Gasteiger partial charge in [0.15, 0.2) is 0 Å². The van der Waals surface area contributed by atoms with Crippen LogP contribution < -0.4 is 0 Å². The first-order valence-electron chi connectivity index (χ1n) is 6.44. The van der Waals surface area contributed by atoms with Crippen molar-refractivity contribution in [1.82, 2.24) is 4.90 Å². The summed E-state index contributed by atoms with van der Waals surface area (Å²) < 4.78 is 6.74. The van der Waals surface area contributed by atoms with Crippen molar-refractivity contribution in [3.8, 4) is 0 Å². The number of nitrogens with zero attached hydrogens (tertiary/aromatic N) is 1. The average molecular weight is 352 g/mol. The number of hydrogen-bond donors (Lipinski definition) is 0. The maximum Gasteiger partial charge on any atom is 0.264 e. The summed E-state index contributed by atoms with van der Waals surface area (Å²) in [4.78, 5) is 15.1. The van der Waals surface area contributed by atoms with Crippen molar-refractivity contribution < 1.29 is 9.53 Å². The van der Waals surface area contributed by atoms with Crippen LogP contribution in [0.3, 0.4) is 0 Å². The third-order valence-electron chi connectivity index (χ3n) is 3.30. The van der Waals surface area contributed by atoms with Crippen molar-refractivity contribution in [2.75, 3.05) is 19.7 Å². The molecule has 104 valence electrons. The molecule has 0 bridgehead atoms. The van der Waals surface area contributed by atoms with Gasteiger partial charge in [-0.25, -0.2) is 0 Å². The van der Waals surface area contributed by atoms with Crippen molar-refractivity contribution in [1.29, 1.82) is 0 Å². The predicted molar refractivity (Wildman–Crippen MR) is 83.1 cm³/mol. The van der Waals surface area contributed by atoms with Crippen LogP contribution in [0.25, 0.3) is 0 Å². The molecule has 1 aliphatic heterocycles. The molecule has 2 heterocycles. The van der Waals surface area contributed by atoms with E-state index in [4.69, 9.17) is 4.74 Å². The van der Waals surface area contributed by atoms with Gasteiger partial charge in [0.25, 0.3) is 5.91 Å². The second kappa shape index (κ2) is 6.08. The average Bonchev–Trinajstić information content (AvgIpc) is 2.94. The molecule has 0 saturated carbocycles. The number of carbonyl (C=O) groups excluding carboxylic acids is 1. The van der Waals surface area contributed by atoms with Crippen LogP contribution in [-0.4, -0.2) is 30.5 Å². The van der Waals surface area contributed by atoms with Gasteiger partial charge in [-0.15, -0.1) is 11.3 Å². The standard InChI is InChI=1S/C15H14BrNO2S/c16-12-8-14(20-10-12)15(18)17-6-7-19-13(9-17)11-4-2-1-3-5-11/h1-5,8,10,13H,6-7,9H2. The van der Waals surface area contributed by atoms with Gasteiger partial charge in [-0.05, 0) is 27.6 Å². The summed E-state index contributed by atoms with van der Waals surface area (Å²) in [5.74, 6) is 0.0879. The molecule has 1 amide bonds. The highest BCUT2D eigenvalue weighted by atomic mass is 79.9. The summed E-state index contributed by atoms with van der Waals surface area (Å²) in [7, 11) is 0. The molecule has 3 nitrogen and oxygen atoms in total. The van der Waals surface area contributed by atoms with E-state index in [-0.39, 0.29) is 12.0 Å². The Labute approximate surface area is 130 Å². The number of amides is 1. The lowest BCUT2D eigenvalue weighted by Crippen LogP contribution is -2.42. The largest absolute Gasteiger partial charge is 0.370 e. The lowest BCUT2D eigenvalue weighted by Gasteiger charge is -2.33. The zero-order valence-corrected chi connectivity index (χ0v) is 13.2. The van der Waals surface area contributed by atoms with Crippen LogP contribution in [0.1, 0.15) is 21.3 Å². The highest BCUT2D eigenvalue weighted by Crippen LogP contribution is 2.26. The molecule has 0 radical (unpaired) electrons. The van der Waals surface area contributed by atoms with Crippen LogP contribution in [-0.2, 0) is 4.74 Å². The topological polar surface area (TPSA) is 29.5 Å². The maximum absolute atomic E-state index is 12.4. The number of benzene rings is 1. The summed E-state index contributed by atoms with van der Waals surface area (Å²) in [6, 6.07) is 11.9. The van der Waals surface area contributed by atoms with E-state index in [1.165, 1.54) is 11.3 Å². The summed E-state index contributed by atoms with van der Waals surface area (Å²) >= 11 is 4.86. The molecule has 0 aliphatic carbocycles. The van der Waals surface area contributed by atoms with E-state index < -0.39 is 0 Å². The molecule has 1 aromatic heterocycles. The molecular formula is C15H14BrNO2S. The molecule has 3 rings (SSSR count). The third kappa shape index (κ3) is 2.95. The fourth-order valence-electron chi connectivity index (χ4n) is 2.28. The van der Waals surface area contributed by atoms with Crippen LogP contribution in [0.2, 0.25) is 0 Å². The number of morpholine rings is 1. The van der Waals surface area contributed by atoms with Crippen LogP contribution in [0.4, 0.5) is 0 Å². The highest BCUT2D eigenvalue weighted by Gasteiger charge is 2.26. The zero-order chi connectivity index (χ0) is 13.9. The number of thiophene rings is 1. The van der Waals surface area contributed by atoms with Crippen molar-refractivity contribution in [3.05, 3.63) is 56.7 Å². The van der Waals surface area contributed by atoms with Gasteiger partial charge in [0.1, 0.15) is 6.10 Å². The molecule has 1 aromatic carbocycles. The van der Waals surface area contributed by atoms with E-state index in [9.17, 15) is 4.79 Å². The molecule has 0 spiro atoms. The number of ether oxygens (including phenoxy) is 1. The molecule has 1 saturated heterocycles. The summed E-state index contributed by atoms with van der Waals surface area (Å²) in [6.45, 7) is 1.84. The molecule has 1 fully saturated rings. The van der Waals surface area contributed by atoms with Gasteiger partial charge < -0.3 is 9.64 Å². The Bertz CT molecular complexity index is 599. The monoisotopic (exact) mass is 351 g/mol. The van der Waals surface area contributed by atoms with Gasteiger partial charge in [0.2, 0.25) is 0 Å². The Kier molecular flexibility index (Phi) is 4.19. The molecule has 1 unspecified atom stereocenters. The minimum Gasteiger partial charge on any atom is -0.370 e. The normalized spacial score (nSPS) is 19.1. The number of halogens is 1. The number of rotatable bonds is 2. The first-order chi connectivity index (χ1) is 9.74. The fourth-order valence-corrected chi connectivity index (χ4v) is 3.68. The van der Waals surface area contributed by atoms with Gasteiger partial charge in [-0.2, -0.15) is 0 Å². The van der Waals surface area contributed by atoms with Crippen LogP contribution in [0, 0.1) is 0 Å². The van der Waals surface area contributed by atoms with Crippen LogP contribution >= 0.6 is 27.3 Å². The van der Waals surface area contributed by atoms with Crippen molar-refractivity contribution in [2.45, 2.75) is 6.10 Å². The van der Waals surface area contributed by atoms with Crippen molar-refractivity contribution >= 4 is 33.2 Å². The van der Waals surface area contributed by atoms with Crippen molar-refractivity contribution in [3.63, 3.8) is 0 Å². The van der Waals surface area contributed by atoms with Gasteiger partial charge in [0, 0.05) is 16.4 Å². The highest BCUT2D eigenvalue weighted by molar-refractivity contribution is 9.10. The molecule has 1 atom stereocenters. The lowest BCUT2D eigenvalue weighted by atomic mass is 10.1. The predicted octanol–water partition coefficient (Wildman–Crippen LogP) is 3.72. The molecule has 20 heavy (non-hydrogen) atoms. The lowest BCUT2D eigenvalue weighted by molar-refractivity contribution is -0.0226. The molecular weight excluding hydrogens is 338 g/mol. The maximum atomic E-state index is 12.4. The summed E-state index contributed by atoms with van der Waals surface area (Å²) in [5, 5.41) is 1.93. The summed E-state index contributed by atoms with van der Waals surface area (Å²) in [5.41, 5.74) is 1.12. The zero-order valence-electron chi connectivity index (χ0n) is 10.8. The van der Waals surface area contributed by atoms with E-state index in [1.807, 2.05) is 46.7 Å². The van der Waals surface area contributed by atoms with Gasteiger partial charge >= 0.3 is 0 Å². The van der Waals surface area contributed by atoms with E-state index in [0.29, 0.717) is 19.7 Å². The van der Waals surface area contributed by atoms with Gasteiger partial charge in [-0.1, -0.05) is 30.3 Å². The minimum absolute atomic E-state index is 0.0303. The second-order valence-corrected chi connectivity index (χ2v) is 6.48. The van der Waals surface area contributed by atoms with Gasteiger partial charge in [-0.3, -0.25) is 4.79 Å². The van der Waals surface area contributed by atoms with E-state index in [2.05, 4.69) is 15.9 Å². The third-order valence-corrected chi connectivity index (χ3v) is 4.98. The van der Waals surface area contributed by atoms with E-state index in [1.54, 1.807) is 0 Å². The Morgan fingerprint density at radius 2 is 2.15 bits per heavy atom. The van der Waals surface area contributed by atoms with E-state index >= 15 is 0 Å². The summed E-state index contributed by atoms with van der Waals surface area (Å²) in [6.07, 6.45) is -0.0303. The second-order valence-electron chi connectivity index (χ2n) is 4.65. The quantitative estimate of drug-likeness (QED) is 0.824. The molecule has 0 N–H and O–H groups in total. The molecule has 2 aromatic rings. The van der Waals surface area contributed by atoms with E-state index in [0.717, 1.165) is 14.9 Å². The fraction of sp³-hybridized carbons (Fsp3) is 0.267. The minimum atomic E-state index is -0.0303. The molecule has 1 aliphatic rings. The van der Waals surface area contributed by atoms with Gasteiger partial charge in [0.05, 0.1) is 18.0 Å². The van der Waals surface area contributed by atoms with Crippen molar-refractivity contribution in [2.24, 2.45) is 0 Å². The Morgan fingerprint density at radius 1 is 1.35 bits per heavy atom. The first-order valence-corrected chi connectivity index (χ1v) is 8.11. The Morgan fingerprint density at radius 3 is 2.85 bits per heavy atom. The number of carbonyl (C=O) groups is 1. The Hall–Kier alpha value is -1.17. The first kappa shape index (κ1) is 13.8. The molecule has 5 heteroatoms. The Balaban J connectivity index is 1.74. The number of hydrogen-bond acceptors (Lipinski definition) is 3. The SMILES string of the molecule is O=C(c1cc(Br)cs1)N1CCOC(c2ccccc2)C1.